The van der Waals surface area contributed by atoms with Gasteiger partial charge in [0.1, 0.15) is 11.5 Å². The van der Waals surface area contributed by atoms with Gasteiger partial charge in [-0.05, 0) is 91.1 Å². The number of carbonyl (C=O) groups excluding carboxylic acids is 2. The summed E-state index contributed by atoms with van der Waals surface area (Å²) in [5, 5.41) is 39.0. The SMILES string of the molecule is CC(=O)[O-].CC(=O)[O-].CCc1cc(C(C)C)cc(C=Nc2cccc(N=Cc3cc(C(C)C)cc(CC)c3O)c2)c1O.[Co+2]. The van der Waals surface area contributed by atoms with Crippen LogP contribution in [-0.2, 0) is 39.2 Å². The number of hydrogen-bond donors (Lipinski definition) is 2. The molecule has 0 spiro atoms. The van der Waals surface area contributed by atoms with Crippen molar-refractivity contribution >= 4 is 35.7 Å². The van der Waals surface area contributed by atoms with E-state index in [4.69, 9.17) is 19.8 Å². The van der Waals surface area contributed by atoms with Crippen LogP contribution < -0.4 is 10.2 Å². The second kappa shape index (κ2) is 19.3. The zero-order valence-corrected chi connectivity index (χ0v) is 27.1. The minimum absolute atomic E-state index is 0. The van der Waals surface area contributed by atoms with Crippen LogP contribution in [0.15, 0.2) is 58.5 Å². The summed E-state index contributed by atoms with van der Waals surface area (Å²) in [7, 11) is 0. The van der Waals surface area contributed by atoms with Crippen molar-refractivity contribution in [3.05, 3.63) is 81.9 Å². The van der Waals surface area contributed by atoms with E-state index in [-0.39, 0.29) is 28.3 Å². The summed E-state index contributed by atoms with van der Waals surface area (Å²) in [6, 6.07) is 15.8. The Balaban J connectivity index is 0.00000174. The molecule has 1 radical (unpaired) electrons. The molecule has 3 rings (SSSR count). The number of nitrogens with zero attached hydrogens (tertiary/aromatic N) is 2. The zero-order valence-electron chi connectivity index (χ0n) is 26.1. The summed E-state index contributed by atoms with van der Waals surface area (Å²) < 4.78 is 0. The average molecular weight is 634 g/mol. The molecule has 0 atom stereocenters. The molecular weight excluding hydrogens is 591 g/mol. The largest absolute Gasteiger partial charge is 2.00 e. The fraction of sp³-hybridized carbons (Fsp3) is 0.353. The van der Waals surface area contributed by atoms with E-state index < -0.39 is 11.9 Å². The third-order valence-electron chi connectivity index (χ3n) is 6.11. The van der Waals surface area contributed by atoms with Gasteiger partial charge >= 0.3 is 16.8 Å². The normalized spacial score (nSPS) is 10.7. The van der Waals surface area contributed by atoms with Crippen molar-refractivity contribution in [3.63, 3.8) is 0 Å². The van der Waals surface area contributed by atoms with Crippen molar-refractivity contribution in [2.24, 2.45) is 9.98 Å². The average Bonchev–Trinajstić information content (AvgIpc) is 2.91. The summed E-state index contributed by atoms with van der Waals surface area (Å²) in [6.45, 7) is 14.6. The maximum atomic E-state index is 10.6. The van der Waals surface area contributed by atoms with Gasteiger partial charge in [-0.1, -0.05) is 59.7 Å². The maximum absolute atomic E-state index is 10.6. The molecule has 0 aliphatic heterocycles. The van der Waals surface area contributed by atoms with Gasteiger partial charge in [-0.25, -0.2) is 0 Å². The predicted octanol–water partition coefficient (Wildman–Crippen LogP) is 5.48. The number of aryl methyl sites for hydroxylation is 2. The van der Waals surface area contributed by atoms with Crippen molar-refractivity contribution in [3.8, 4) is 11.5 Å². The Morgan fingerprint density at radius 3 is 1.33 bits per heavy atom. The minimum Gasteiger partial charge on any atom is -0.550 e. The van der Waals surface area contributed by atoms with Crippen molar-refractivity contribution < 1.29 is 46.8 Å². The number of aliphatic imine (C=N–C) groups is 2. The molecule has 9 heteroatoms. The topological polar surface area (TPSA) is 145 Å². The number of benzene rings is 3. The van der Waals surface area contributed by atoms with Crippen LogP contribution in [0, 0.1) is 0 Å². The number of carboxylic acids is 2. The van der Waals surface area contributed by atoms with Crippen LogP contribution in [-0.4, -0.2) is 34.6 Å². The van der Waals surface area contributed by atoms with Crippen LogP contribution >= 0.6 is 0 Å². The molecule has 0 amide bonds. The number of carbonyl (C=O) groups is 2. The summed E-state index contributed by atoms with van der Waals surface area (Å²) in [6.07, 6.45) is 4.97. The molecule has 0 aliphatic carbocycles. The molecule has 0 saturated heterocycles. The fourth-order valence-corrected chi connectivity index (χ4v) is 3.83. The number of phenols is 2. The van der Waals surface area contributed by atoms with Gasteiger partial charge in [-0.2, -0.15) is 0 Å². The predicted molar refractivity (Wildman–Crippen MR) is 165 cm³/mol. The van der Waals surface area contributed by atoms with Gasteiger partial charge in [0, 0.05) is 35.5 Å². The van der Waals surface area contributed by atoms with E-state index in [1.54, 1.807) is 12.4 Å². The molecule has 0 bridgehead atoms. The van der Waals surface area contributed by atoms with Gasteiger partial charge in [-0.3, -0.25) is 9.98 Å². The Kier molecular flexibility index (Phi) is 17.5. The standard InChI is InChI=1S/C30H36N2O2.2C2H4O2.Co/c1-7-21-12-23(19(3)4)14-25(29(21)33)17-31-27-10-9-11-28(16-27)32-18-26-15-24(20(5)6)13-22(8-2)30(26)34;2*1-2(3)4;/h9-20,33-34H,7-8H2,1-6H3;2*1H3,(H,3,4);/q;;;+2/p-2. The number of carboxylic acid groups (broad SMARTS) is 2. The Morgan fingerprint density at radius 2 is 1.05 bits per heavy atom. The summed E-state index contributed by atoms with van der Waals surface area (Å²) >= 11 is 0. The monoisotopic (exact) mass is 633 g/mol. The first kappa shape index (κ1) is 39.0. The first-order valence-electron chi connectivity index (χ1n) is 13.9. The van der Waals surface area contributed by atoms with Crippen LogP contribution in [0.2, 0.25) is 0 Å². The molecule has 3 aromatic carbocycles. The second-order valence-corrected chi connectivity index (χ2v) is 10.3. The fourth-order valence-electron chi connectivity index (χ4n) is 3.83. The molecule has 0 fully saturated rings. The summed E-state index contributed by atoms with van der Waals surface area (Å²) in [5.74, 6) is -0.849. The molecule has 2 N–H and O–H groups in total. The molecule has 0 aliphatic rings. The van der Waals surface area contributed by atoms with Gasteiger partial charge in [0.25, 0.3) is 0 Å². The van der Waals surface area contributed by atoms with Crippen molar-refractivity contribution in [1.82, 2.24) is 0 Å². The minimum atomic E-state index is -1.08. The van der Waals surface area contributed by atoms with Gasteiger partial charge in [0.15, 0.2) is 0 Å². The smallest absolute Gasteiger partial charge is 0.550 e. The van der Waals surface area contributed by atoms with Crippen LogP contribution in [0.25, 0.3) is 0 Å². The molecule has 0 unspecified atom stereocenters. The van der Waals surface area contributed by atoms with E-state index in [2.05, 4.69) is 49.8 Å². The Hall–Kier alpha value is -3.95. The maximum Gasteiger partial charge on any atom is 2.00 e. The van der Waals surface area contributed by atoms with E-state index in [0.717, 1.165) is 60.3 Å². The van der Waals surface area contributed by atoms with Crippen LogP contribution in [0.1, 0.15) is 101 Å². The van der Waals surface area contributed by atoms with E-state index in [0.29, 0.717) is 11.8 Å². The van der Waals surface area contributed by atoms with Gasteiger partial charge in [0.2, 0.25) is 0 Å². The molecule has 0 aromatic heterocycles. The molecule has 0 heterocycles. The Bertz CT molecular complexity index is 1300. The van der Waals surface area contributed by atoms with Gasteiger partial charge < -0.3 is 30.0 Å². The van der Waals surface area contributed by atoms with E-state index in [1.165, 1.54) is 11.1 Å². The number of rotatable bonds is 8. The molecule has 233 valence electrons. The Morgan fingerprint density at radius 1 is 0.721 bits per heavy atom. The third kappa shape index (κ3) is 13.7. The summed E-state index contributed by atoms with van der Waals surface area (Å²) in [5.41, 5.74) is 7.17. The van der Waals surface area contributed by atoms with Gasteiger partial charge in [-0.15, -0.1) is 0 Å². The van der Waals surface area contributed by atoms with Gasteiger partial charge in [0.05, 0.1) is 11.4 Å². The van der Waals surface area contributed by atoms with Crippen LogP contribution in [0.4, 0.5) is 11.4 Å². The third-order valence-corrected chi connectivity index (χ3v) is 6.11. The summed E-state index contributed by atoms with van der Waals surface area (Å²) in [4.78, 5) is 27.0. The van der Waals surface area contributed by atoms with Crippen molar-refractivity contribution in [2.75, 3.05) is 0 Å². The first-order chi connectivity index (χ1) is 19.7. The van der Waals surface area contributed by atoms with Crippen molar-refractivity contribution in [1.29, 1.82) is 0 Å². The number of phenolic OH excluding ortho intramolecular Hbond substituents is 2. The molecular formula is C34H42CoN2O6. The van der Waals surface area contributed by atoms with Crippen LogP contribution in [0.5, 0.6) is 11.5 Å². The molecule has 43 heavy (non-hydrogen) atoms. The van der Waals surface area contributed by atoms with Crippen molar-refractivity contribution in [2.45, 2.75) is 80.1 Å². The van der Waals surface area contributed by atoms with E-state index >= 15 is 0 Å². The Labute approximate surface area is 265 Å². The second-order valence-electron chi connectivity index (χ2n) is 10.3. The van der Waals surface area contributed by atoms with Crippen LogP contribution in [0.3, 0.4) is 0 Å². The quantitative estimate of drug-likeness (QED) is 0.314. The molecule has 0 saturated carbocycles. The number of aliphatic carboxylic acids is 2. The number of hydrogen-bond acceptors (Lipinski definition) is 8. The molecule has 3 aromatic rings. The first-order valence-corrected chi connectivity index (χ1v) is 13.9. The molecule has 8 nitrogen and oxygen atoms in total. The zero-order chi connectivity index (χ0) is 32.0. The van der Waals surface area contributed by atoms with E-state index in [1.807, 2.05) is 50.2 Å². The van der Waals surface area contributed by atoms with E-state index in [9.17, 15) is 10.2 Å². The number of aromatic hydroxyl groups is 2.